The monoisotopic (exact) mass is 220 g/mol. The predicted octanol–water partition coefficient (Wildman–Crippen LogP) is 0.874. The molecule has 0 unspecified atom stereocenters. The maximum absolute atomic E-state index is 12.0. The minimum atomic E-state index is -0.0525. The molecule has 3 N–H and O–H groups in total. The van der Waals surface area contributed by atoms with Gasteiger partial charge in [-0.3, -0.25) is 4.79 Å². The number of carbonyl (C=O) groups excluding carboxylic acids is 1. The summed E-state index contributed by atoms with van der Waals surface area (Å²) in [4.78, 5) is 13.7. The van der Waals surface area contributed by atoms with Gasteiger partial charge in [-0.1, -0.05) is 6.07 Å². The van der Waals surface area contributed by atoms with Crippen LogP contribution in [0.25, 0.3) is 0 Å². The van der Waals surface area contributed by atoms with Crippen molar-refractivity contribution in [2.24, 2.45) is 5.73 Å². The number of likely N-dealkylation sites (tertiary alicyclic amines) is 1. The Labute approximate surface area is 94.7 Å². The molecule has 1 aromatic rings. The van der Waals surface area contributed by atoms with Crippen molar-refractivity contribution in [2.75, 3.05) is 13.1 Å². The SMILES string of the molecule is Cc1ccc(C(=O)N2CC[C@@H](N)C2)cc1O. The third-order valence-corrected chi connectivity index (χ3v) is 2.97. The standard InChI is InChI=1S/C12H16N2O2/c1-8-2-3-9(6-11(8)15)12(16)14-5-4-10(13)7-14/h2-3,6,10,15H,4-5,7,13H2,1H3/t10-/m1/s1. The summed E-state index contributed by atoms with van der Waals surface area (Å²) in [6, 6.07) is 5.09. The van der Waals surface area contributed by atoms with E-state index in [1.165, 1.54) is 6.07 Å². The molecule has 1 aliphatic heterocycles. The van der Waals surface area contributed by atoms with Crippen LogP contribution >= 0.6 is 0 Å². The first-order valence-corrected chi connectivity index (χ1v) is 5.42. The predicted molar refractivity (Wildman–Crippen MR) is 61.3 cm³/mol. The lowest BCUT2D eigenvalue weighted by atomic mass is 10.1. The summed E-state index contributed by atoms with van der Waals surface area (Å²) in [5.41, 5.74) is 7.05. The lowest BCUT2D eigenvalue weighted by Crippen LogP contribution is -2.31. The van der Waals surface area contributed by atoms with E-state index in [1.807, 2.05) is 0 Å². The fraction of sp³-hybridized carbons (Fsp3) is 0.417. The minimum Gasteiger partial charge on any atom is -0.508 e. The lowest BCUT2D eigenvalue weighted by molar-refractivity contribution is 0.0790. The van der Waals surface area contributed by atoms with Crippen LogP contribution in [-0.2, 0) is 0 Å². The van der Waals surface area contributed by atoms with Crippen LogP contribution in [0.4, 0.5) is 0 Å². The number of aryl methyl sites for hydroxylation is 1. The van der Waals surface area contributed by atoms with Gasteiger partial charge in [0.15, 0.2) is 0 Å². The zero-order valence-corrected chi connectivity index (χ0v) is 9.31. The fourth-order valence-electron chi connectivity index (χ4n) is 1.90. The second-order valence-electron chi connectivity index (χ2n) is 4.30. The Bertz CT molecular complexity index is 417. The van der Waals surface area contributed by atoms with Gasteiger partial charge >= 0.3 is 0 Å². The molecule has 1 heterocycles. The Hall–Kier alpha value is -1.55. The third kappa shape index (κ3) is 2.02. The van der Waals surface area contributed by atoms with Crippen molar-refractivity contribution >= 4 is 5.91 Å². The smallest absolute Gasteiger partial charge is 0.254 e. The van der Waals surface area contributed by atoms with Gasteiger partial charge in [0.1, 0.15) is 5.75 Å². The Morgan fingerprint density at radius 3 is 2.88 bits per heavy atom. The van der Waals surface area contributed by atoms with E-state index < -0.39 is 0 Å². The van der Waals surface area contributed by atoms with Crippen molar-refractivity contribution in [3.05, 3.63) is 29.3 Å². The average molecular weight is 220 g/mol. The van der Waals surface area contributed by atoms with Gasteiger partial charge in [0.2, 0.25) is 0 Å². The first-order chi connectivity index (χ1) is 7.58. The third-order valence-electron chi connectivity index (χ3n) is 2.97. The van der Waals surface area contributed by atoms with Gasteiger partial charge in [-0.05, 0) is 31.0 Å². The first-order valence-electron chi connectivity index (χ1n) is 5.42. The number of hydrogen-bond acceptors (Lipinski definition) is 3. The molecule has 1 aromatic carbocycles. The summed E-state index contributed by atoms with van der Waals surface area (Å²) in [6.07, 6.45) is 0.851. The maximum atomic E-state index is 12.0. The summed E-state index contributed by atoms with van der Waals surface area (Å²) < 4.78 is 0. The molecule has 1 saturated heterocycles. The summed E-state index contributed by atoms with van der Waals surface area (Å²) >= 11 is 0. The Morgan fingerprint density at radius 2 is 2.31 bits per heavy atom. The van der Waals surface area contributed by atoms with E-state index in [-0.39, 0.29) is 17.7 Å². The second kappa shape index (κ2) is 4.14. The number of aromatic hydroxyl groups is 1. The molecule has 4 heteroatoms. The molecule has 0 aromatic heterocycles. The van der Waals surface area contributed by atoms with Gasteiger partial charge < -0.3 is 15.7 Å². The normalized spacial score (nSPS) is 20.1. The van der Waals surface area contributed by atoms with E-state index in [0.29, 0.717) is 18.7 Å². The summed E-state index contributed by atoms with van der Waals surface area (Å²) in [5, 5.41) is 9.55. The number of nitrogens with zero attached hydrogens (tertiary/aromatic N) is 1. The van der Waals surface area contributed by atoms with Crippen molar-refractivity contribution in [3.63, 3.8) is 0 Å². The van der Waals surface area contributed by atoms with Crippen LogP contribution in [0.1, 0.15) is 22.3 Å². The largest absolute Gasteiger partial charge is 0.508 e. The van der Waals surface area contributed by atoms with Crippen LogP contribution in [-0.4, -0.2) is 35.0 Å². The number of nitrogens with two attached hydrogens (primary N) is 1. The van der Waals surface area contributed by atoms with E-state index in [1.54, 1.807) is 24.0 Å². The Kier molecular flexibility index (Phi) is 2.83. The number of carbonyl (C=O) groups is 1. The van der Waals surface area contributed by atoms with E-state index in [0.717, 1.165) is 12.0 Å². The molecular formula is C12H16N2O2. The molecule has 1 amide bonds. The van der Waals surface area contributed by atoms with Crippen molar-refractivity contribution < 1.29 is 9.90 Å². The molecule has 0 spiro atoms. The molecule has 16 heavy (non-hydrogen) atoms. The lowest BCUT2D eigenvalue weighted by Gasteiger charge is -2.16. The van der Waals surface area contributed by atoms with Crippen LogP contribution in [0.2, 0.25) is 0 Å². The fourth-order valence-corrected chi connectivity index (χ4v) is 1.90. The highest BCUT2D eigenvalue weighted by Crippen LogP contribution is 2.20. The van der Waals surface area contributed by atoms with Crippen LogP contribution < -0.4 is 5.73 Å². The summed E-state index contributed by atoms with van der Waals surface area (Å²) in [6.45, 7) is 3.11. The highest BCUT2D eigenvalue weighted by molar-refractivity contribution is 5.95. The topological polar surface area (TPSA) is 66.6 Å². The van der Waals surface area contributed by atoms with Crippen LogP contribution in [0.3, 0.4) is 0 Å². The zero-order chi connectivity index (χ0) is 11.7. The second-order valence-corrected chi connectivity index (χ2v) is 4.30. The minimum absolute atomic E-state index is 0.0525. The number of phenolic OH excluding ortho intramolecular Hbond substituents is 1. The van der Waals surface area contributed by atoms with E-state index in [9.17, 15) is 9.90 Å². The van der Waals surface area contributed by atoms with Crippen molar-refractivity contribution in [2.45, 2.75) is 19.4 Å². The number of rotatable bonds is 1. The number of phenols is 1. The zero-order valence-electron chi connectivity index (χ0n) is 9.31. The van der Waals surface area contributed by atoms with Crippen molar-refractivity contribution in [1.29, 1.82) is 0 Å². The molecule has 1 aliphatic rings. The number of hydrogen-bond donors (Lipinski definition) is 2. The van der Waals surface area contributed by atoms with Gasteiger partial charge in [-0.2, -0.15) is 0 Å². The molecule has 86 valence electrons. The molecule has 1 fully saturated rings. The summed E-state index contributed by atoms with van der Waals surface area (Å²) in [7, 11) is 0. The highest BCUT2D eigenvalue weighted by Gasteiger charge is 2.24. The molecule has 1 atom stereocenters. The molecule has 0 saturated carbocycles. The van der Waals surface area contributed by atoms with E-state index >= 15 is 0 Å². The van der Waals surface area contributed by atoms with Crippen molar-refractivity contribution in [3.8, 4) is 5.75 Å². The highest BCUT2D eigenvalue weighted by atomic mass is 16.3. The quantitative estimate of drug-likeness (QED) is 0.738. The Morgan fingerprint density at radius 1 is 1.56 bits per heavy atom. The van der Waals surface area contributed by atoms with Crippen LogP contribution in [0, 0.1) is 6.92 Å². The molecule has 0 radical (unpaired) electrons. The van der Waals surface area contributed by atoms with Gasteiger partial charge in [-0.25, -0.2) is 0 Å². The number of amides is 1. The van der Waals surface area contributed by atoms with Crippen LogP contribution in [0.5, 0.6) is 5.75 Å². The average Bonchev–Trinajstić information content (AvgIpc) is 2.68. The van der Waals surface area contributed by atoms with Gasteiger partial charge in [0.25, 0.3) is 5.91 Å². The molecular weight excluding hydrogens is 204 g/mol. The summed E-state index contributed by atoms with van der Waals surface area (Å²) in [5.74, 6) is 0.109. The van der Waals surface area contributed by atoms with Crippen LogP contribution in [0.15, 0.2) is 18.2 Å². The van der Waals surface area contributed by atoms with Gasteiger partial charge in [0.05, 0.1) is 0 Å². The first kappa shape index (κ1) is 11.0. The maximum Gasteiger partial charge on any atom is 0.254 e. The van der Waals surface area contributed by atoms with Gasteiger partial charge in [0, 0.05) is 24.7 Å². The number of benzene rings is 1. The molecule has 2 rings (SSSR count). The molecule has 0 bridgehead atoms. The van der Waals surface area contributed by atoms with E-state index in [2.05, 4.69) is 0 Å². The van der Waals surface area contributed by atoms with E-state index in [4.69, 9.17) is 5.73 Å². The van der Waals surface area contributed by atoms with Crippen molar-refractivity contribution in [1.82, 2.24) is 4.90 Å². The molecule has 4 nitrogen and oxygen atoms in total. The molecule has 0 aliphatic carbocycles. The Balaban J connectivity index is 2.18. The van der Waals surface area contributed by atoms with Gasteiger partial charge in [-0.15, -0.1) is 0 Å².